The van der Waals surface area contributed by atoms with E-state index in [4.69, 9.17) is 9.84 Å². The number of ether oxygens (including phenoxy) is 1. The Hall–Kier alpha value is -2.68. The maximum Gasteiger partial charge on any atom is 0.295 e. The minimum Gasteiger partial charge on any atom is -0.507 e. The second-order valence-electron chi connectivity index (χ2n) is 6.21. The quantitative estimate of drug-likeness (QED) is 0.269. The second-order valence-corrected chi connectivity index (χ2v) is 7.19. The highest BCUT2D eigenvalue weighted by atomic mass is 32.1. The molecule has 2 aromatic rings. The van der Waals surface area contributed by atoms with E-state index in [0.717, 1.165) is 4.88 Å². The first-order chi connectivity index (χ1) is 13.6. The normalized spacial score (nSPS) is 18.6. The molecule has 1 aliphatic heterocycles. The lowest BCUT2D eigenvalue weighted by Crippen LogP contribution is -2.36. The molecule has 1 amide bonds. The molecule has 0 spiro atoms. The third-order valence-corrected chi connectivity index (χ3v) is 5.46. The summed E-state index contributed by atoms with van der Waals surface area (Å²) in [6.45, 7) is 1.11. The molecule has 0 aliphatic carbocycles. The molecule has 1 aliphatic rings. The minimum absolute atomic E-state index is 0.00928. The maximum absolute atomic E-state index is 12.8. The van der Waals surface area contributed by atoms with Gasteiger partial charge in [0.1, 0.15) is 11.5 Å². The van der Waals surface area contributed by atoms with Crippen molar-refractivity contribution in [1.29, 1.82) is 0 Å². The smallest absolute Gasteiger partial charge is 0.295 e. The molecule has 1 unspecified atom stereocenters. The van der Waals surface area contributed by atoms with E-state index in [1.54, 1.807) is 31.4 Å². The van der Waals surface area contributed by atoms with E-state index in [1.807, 2.05) is 17.5 Å². The largest absolute Gasteiger partial charge is 0.507 e. The van der Waals surface area contributed by atoms with Gasteiger partial charge in [0.05, 0.1) is 25.3 Å². The lowest BCUT2D eigenvalue weighted by Gasteiger charge is -2.24. The predicted octanol–water partition coefficient (Wildman–Crippen LogP) is 1.76. The van der Waals surface area contributed by atoms with Gasteiger partial charge in [-0.1, -0.05) is 6.07 Å². The molecule has 1 atom stereocenters. The third kappa shape index (κ3) is 3.94. The van der Waals surface area contributed by atoms with Crippen molar-refractivity contribution >= 4 is 28.8 Å². The van der Waals surface area contributed by atoms with Crippen molar-refractivity contribution in [1.82, 2.24) is 10.2 Å². The number of carbonyl (C=O) groups is 2. The zero-order valence-electron chi connectivity index (χ0n) is 15.4. The number of aliphatic hydroxyl groups excluding tert-OH is 2. The average molecular weight is 402 g/mol. The summed E-state index contributed by atoms with van der Waals surface area (Å²) in [7, 11) is 1.54. The molecule has 0 radical (unpaired) electrons. The van der Waals surface area contributed by atoms with Crippen LogP contribution in [0.15, 0.2) is 47.4 Å². The second kappa shape index (κ2) is 9.01. The van der Waals surface area contributed by atoms with Gasteiger partial charge in [-0.3, -0.25) is 9.59 Å². The number of amides is 1. The van der Waals surface area contributed by atoms with Crippen LogP contribution in [0.2, 0.25) is 0 Å². The summed E-state index contributed by atoms with van der Waals surface area (Å²) in [6.07, 6.45) is 0. The van der Waals surface area contributed by atoms with Gasteiger partial charge < -0.3 is 25.2 Å². The Kier molecular flexibility index (Phi) is 6.45. The number of hydrogen-bond donors (Lipinski definition) is 3. The number of benzene rings is 1. The lowest BCUT2D eigenvalue weighted by molar-refractivity contribution is -0.139. The Bertz CT molecular complexity index is 861. The number of carbonyl (C=O) groups excluding carboxylic acids is 2. The van der Waals surface area contributed by atoms with Crippen LogP contribution in [0, 0.1) is 0 Å². The van der Waals surface area contributed by atoms with Gasteiger partial charge in [-0.15, -0.1) is 11.3 Å². The van der Waals surface area contributed by atoms with Gasteiger partial charge in [-0.25, -0.2) is 0 Å². The van der Waals surface area contributed by atoms with E-state index in [9.17, 15) is 14.7 Å². The molecule has 148 valence electrons. The summed E-state index contributed by atoms with van der Waals surface area (Å²) >= 11 is 1.42. The Labute approximate surface area is 166 Å². The van der Waals surface area contributed by atoms with E-state index in [0.29, 0.717) is 24.4 Å². The predicted molar refractivity (Wildman–Crippen MR) is 106 cm³/mol. The third-order valence-electron chi connectivity index (χ3n) is 4.53. The summed E-state index contributed by atoms with van der Waals surface area (Å²) in [4.78, 5) is 27.7. The fourth-order valence-corrected chi connectivity index (χ4v) is 4.01. The molecule has 8 heteroatoms. The standard InChI is InChI=1S/C20H22N2O5S/c1-27-14-6-4-13(5-7-14)18(24)16-17(15-3-2-12-28-15)22(20(26)19(16)25)10-8-21-9-11-23/h2-7,12,17,21,23-24H,8-11H2,1H3/b18-16-. The van der Waals surface area contributed by atoms with Gasteiger partial charge in [0.2, 0.25) is 0 Å². The van der Waals surface area contributed by atoms with Crippen LogP contribution < -0.4 is 10.1 Å². The van der Waals surface area contributed by atoms with E-state index in [1.165, 1.54) is 16.2 Å². The number of rotatable bonds is 8. The molecular weight excluding hydrogens is 380 g/mol. The number of likely N-dealkylation sites (tertiary alicyclic amines) is 1. The number of hydrogen-bond acceptors (Lipinski definition) is 7. The zero-order valence-corrected chi connectivity index (χ0v) is 16.2. The van der Waals surface area contributed by atoms with Crippen LogP contribution in [0.1, 0.15) is 16.5 Å². The molecule has 3 rings (SSSR count). The molecule has 3 N–H and O–H groups in total. The van der Waals surface area contributed by atoms with E-state index in [-0.39, 0.29) is 24.5 Å². The fraction of sp³-hybridized carbons (Fsp3) is 0.300. The molecule has 28 heavy (non-hydrogen) atoms. The number of aliphatic hydroxyl groups is 2. The molecule has 1 fully saturated rings. The highest BCUT2D eigenvalue weighted by Gasteiger charge is 2.46. The number of thiophene rings is 1. The van der Waals surface area contributed by atoms with Crippen LogP contribution in [0.5, 0.6) is 5.75 Å². The molecule has 0 saturated carbocycles. The van der Waals surface area contributed by atoms with Gasteiger partial charge >= 0.3 is 0 Å². The molecule has 1 aromatic carbocycles. The van der Waals surface area contributed by atoms with Gasteiger partial charge in [0.15, 0.2) is 0 Å². The van der Waals surface area contributed by atoms with Crippen molar-refractivity contribution in [3.63, 3.8) is 0 Å². The first-order valence-corrected chi connectivity index (χ1v) is 9.74. The van der Waals surface area contributed by atoms with Crippen LogP contribution in [-0.4, -0.2) is 60.2 Å². The van der Waals surface area contributed by atoms with Crippen LogP contribution in [0.3, 0.4) is 0 Å². The van der Waals surface area contributed by atoms with E-state index in [2.05, 4.69) is 5.32 Å². The minimum atomic E-state index is -0.700. The number of Topliss-reactive ketones (excluding diaryl/α,β-unsaturated/α-hetero) is 1. The highest BCUT2D eigenvalue weighted by molar-refractivity contribution is 7.10. The Morgan fingerprint density at radius 1 is 1.21 bits per heavy atom. The summed E-state index contributed by atoms with van der Waals surface area (Å²) in [5.41, 5.74) is 0.526. The number of ketones is 1. The molecular formula is C20H22N2O5S. The SMILES string of the molecule is COc1ccc(/C(O)=C2/C(=O)C(=O)N(CCNCCO)C2c2cccs2)cc1. The Balaban J connectivity index is 1.99. The van der Waals surface area contributed by atoms with Crippen molar-refractivity contribution in [2.45, 2.75) is 6.04 Å². The summed E-state index contributed by atoms with van der Waals surface area (Å²) < 4.78 is 5.12. The monoisotopic (exact) mass is 402 g/mol. The Morgan fingerprint density at radius 2 is 1.96 bits per heavy atom. The molecule has 1 aromatic heterocycles. The van der Waals surface area contributed by atoms with Crippen molar-refractivity contribution in [3.8, 4) is 5.75 Å². The summed E-state index contributed by atoms with van der Waals surface area (Å²) in [6, 6.07) is 9.71. The van der Waals surface area contributed by atoms with Crippen molar-refractivity contribution in [2.75, 3.05) is 33.4 Å². The first-order valence-electron chi connectivity index (χ1n) is 8.86. The fourth-order valence-electron chi connectivity index (χ4n) is 3.16. The van der Waals surface area contributed by atoms with E-state index < -0.39 is 17.7 Å². The van der Waals surface area contributed by atoms with Crippen LogP contribution in [0.4, 0.5) is 0 Å². The Morgan fingerprint density at radius 3 is 2.57 bits per heavy atom. The molecule has 2 heterocycles. The average Bonchev–Trinajstić information content (AvgIpc) is 3.33. The molecule has 1 saturated heterocycles. The van der Waals surface area contributed by atoms with E-state index >= 15 is 0 Å². The van der Waals surface area contributed by atoms with Crippen LogP contribution >= 0.6 is 11.3 Å². The lowest BCUT2D eigenvalue weighted by atomic mass is 10.00. The van der Waals surface area contributed by atoms with Crippen molar-refractivity contribution < 1.29 is 24.5 Å². The summed E-state index contributed by atoms with van der Waals surface area (Å²) in [5, 5.41) is 24.6. The zero-order chi connectivity index (χ0) is 20.1. The maximum atomic E-state index is 12.8. The van der Waals surface area contributed by atoms with Gasteiger partial charge in [-0.2, -0.15) is 0 Å². The van der Waals surface area contributed by atoms with Crippen LogP contribution in [-0.2, 0) is 9.59 Å². The number of nitrogens with one attached hydrogen (secondary N) is 1. The first kappa shape index (κ1) is 20.1. The van der Waals surface area contributed by atoms with Gasteiger partial charge in [-0.05, 0) is 35.7 Å². The highest BCUT2D eigenvalue weighted by Crippen LogP contribution is 2.40. The molecule has 0 bridgehead atoms. The van der Waals surface area contributed by atoms with Crippen molar-refractivity contribution in [2.24, 2.45) is 0 Å². The number of methoxy groups -OCH3 is 1. The van der Waals surface area contributed by atoms with Crippen LogP contribution in [0.25, 0.3) is 5.76 Å². The number of nitrogens with zero attached hydrogens (tertiary/aromatic N) is 1. The molecule has 7 nitrogen and oxygen atoms in total. The van der Waals surface area contributed by atoms with Gasteiger partial charge in [0.25, 0.3) is 11.7 Å². The van der Waals surface area contributed by atoms with Gasteiger partial charge in [0, 0.05) is 30.1 Å². The topological polar surface area (TPSA) is 99.1 Å². The van der Waals surface area contributed by atoms with Crippen molar-refractivity contribution in [3.05, 3.63) is 57.8 Å². The summed E-state index contributed by atoms with van der Waals surface area (Å²) in [5.74, 6) is -0.917.